The van der Waals surface area contributed by atoms with Crippen molar-refractivity contribution in [1.29, 1.82) is 0 Å². The molecule has 0 heterocycles. The first-order chi connectivity index (χ1) is 6.35. The molecule has 0 unspecified atom stereocenters. The van der Waals surface area contributed by atoms with Crippen LogP contribution in [-0.2, 0) is 9.53 Å². The fraction of sp³-hybridized carbons (Fsp3) is 0.545. The zero-order chi connectivity index (χ0) is 11.2. The first kappa shape index (κ1) is 13.0. The minimum absolute atomic E-state index is 0.310. The summed E-state index contributed by atoms with van der Waals surface area (Å²) in [7, 11) is -1.34. The van der Waals surface area contributed by atoms with Crippen molar-refractivity contribution in [1.82, 2.24) is 0 Å². The number of hydrogen-bond acceptors (Lipinski definition) is 2. The number of allylic oxidation sites excluding steroid dienone is 1. The van der Waals surface area contributed by atoms with Gasteiger partial charge in [0, 0.05) is 11.6 Å². The van der Waals surface area contributed by atoms with Gasteiger partial charge in [0.25, 0.3) is 0 Å². The van der Waals surface area contributed by atoms with E-state index >= 15 is 0 Å². The summed E-state index contributed by atoms with van der Waals surface area (Å²) in [5.74, 6) is 2.67. The average molecular weight is 210 g/mol. The summed E-state index contributed by atoms with van der Waals surface area (Å²) in [4.78, 5) is 11.0. The highest BCUT2D eigenvalue weighted by Gasteiger charge is 2.07. The van der Waals surface area contributed by atoms with Gasteiger partial charge in [-0.2, -0.15) is 0 Å². The number of carbonyl (C=O) groups is 1. The smallest absolute Gasteiger partial charge is 0.331 e. The second-order valence-corrected chi connectivity index (χ2v) is 8.83. The molecule has 0 fully saturated rings. The van der Waals surface area contributed by atoms with Crippen LogP contribution in [0.25, 0.3) is 0 Å². The summed E-state index contributed by atoms with van der Waals surface area (Å²) in [6.45, 7) is 10.5. The zero-order valence-electron chi connectivity index (χ0n) is 9.60. The first-order valence-electron chi connectivity index (χ1n) is 4.73. The third kappa shape index (κ3) is 7.63. The van der Waals surface area contributed by atoms with E-state index < -0.39 is 8.07 Å². The molecule has 0 saturated heterocycles. The zero-order valence-corrected chi connectivity index (χ0v) is 10.6. The van der Waals surface area contributed by atoms with Crippen LogP contribution in [0.4, 0.5) is 0 Å². The minimum Gasteiger partial charge on any atom is -0.463 e. The second-order valence-electron chi connectivity index (χ2n) is 4.08. The molecule has 3 heteroatoms. The number of hydrogen-bond donors (Lipinski definition) is 0. The largest absolute Gasteiger partial charge is 0.463 e. The Morgan fingerprint density at radius 2 is 2.00 bits per heavy atom. The molecule has 0 amide bonds. The lowest BCUT2D eigenvalue weighted by Gasteiger charge is -2.03. The highest BCUT2D eigenvalue weighted by molar-refractivity contribution is 6.83. The van der Waals surface area contributed by atoms with E-state index in [1.165, 1.54) is 6.08 Å². The molecule has 0 aliphatic heterocycles. The molecule has 78 valence electrons. The number of rotatable bonds is 2. The molecule has 0 aromatic carbocycles. The van der Waals surface area contributed by atoms with E-state index in [4.69, 9.17) is 4.74 Å². The van der Waals surface area contributed by atoms with E-state index in [0.29, 0.717) is 6.61 Å². The summed E-state index contributed by atoms with van der Waals surface area (Å²) in [6.07, 6.45) is 1.44. The Hall–Kier alpha value is -1.01. The van der Waals surface area contributed by atoms with Crippen molar-refractivity contribution in [2.24, 2.45) is 0 Å². The van der Waals surface area contributed by atoms with E-state index in [-0.39, 0.29) is 5.97 Å². The third-order valence-electron chi connectivity index (χ3n) is 1.26. The van der Waals surface area contributed by atoms with E-state index in [9.17, 15) is 4.79 Å². The van der Waals surface area contributed by atoms with Crippen LogP contribution >= 0.6 is 0 Å². The lowest BCUT2D eigenvalue weighted by Crippen LogP contribution is -2.16. The van der Waals surface area contributed by atoms with Crippen LogP contribution in [0.15, 0.2) is 11.6 Å². The molecule has 0 saturated carbocycles. The van der Waals surface area contributed by atoms with E-state index in [1.807, 2.05) is 6.92 Å². The molecule has 0 aromatic rings. The minimum atomic E-state index is -1.34. The van der Waals surface area contributed by atoms with Gasteiger partial charge in [0.1, 0.15) is 8.07 Å². The topological polar surface area (TPSA) is 26.3 Å². The van der Waals surface area contributed by atoms with Gasteiger partial charge in [0.2, 0.25) is 0 Å². The van der Waals surface area contributed by atoms with Crippen molar-refractivity contribution < 1.29 is 9.53 Å². The fourth-order valence-corrected chi connectivity index (χ4v) is 1.26. The van der Waals surface area contributed by atoms with E-state index in [2.05, 4.69) is 31.1 Å². The lowest BCUT2D eigenvalue weighted by atomic mass is 10.3. The van der Waals surface area contributed by atoms with Crippen LogP contribution in [-0.4, -0.2) is 20.7 Å². The average Bonchev–Trinajstić information content (AvgIpc) is 2.00. The quantitative estimate of drug-likeness (QED) is 0.303. The Bertz CT molecular complexity index is 287. The van der Waals surface area contributed by atoms with Crippen molar-refractivity contribution in [3.63, 3.8) is 0 Å². The first-order valence-corrected chi connectivity index (χ1v) is 8.23. The molecule has 0 N–H and O–H groups in total. The predicted octanol–water partition coefficient (Wildman–Crippen LogP) is 2.38. The molecular formula is C11H18O2Si. The van der Waals surface area contributed by atoms with Crippen LogP contribution in [0.1, 0.15) is 13.8 Å². The van der Waals surface area contributed by atoms with Gasteiger partial charge in [-0.15, -0.1) is 5.54 Å². The Kier molecular flexibility index (Phi) is 5.25. The third-order valence-corrected chi connectivity index (χ3v) is 2.13. The fourth-order valence-electron chi connectivity index (χ4n) is 0.683. The number of esters is 1. The summed E-state index contributed by atoms with van der Waals surface area (Å²) < 4.78 is 4.77. The molecule has 0 atom stereocenters. The van der Waals surface area contributed by atoms with Crippen LogP contribution in [0, 0.1) is 11.5 Å². The number of carbonyl (C=O) groups excluding carboxylic acids is 1. The van der Waals surface area contributed by atoms with Gasteiger partial charge in [0.15, 0.2) is 0 Å². The van der Waals surface area contributed by atoms with Gasteiger partial charge in [0.05, 0.1) is 6.61 Å². The van der Waals surface area contributed by atoms with Gasteiger partial charge in [-0.25, -0.2) is 4.79 Å². The van der Waals surface area contributed by atoms with Crippen LogP contribution < -0.4 is 0 Å². The van der Waals surface area contributed by atoms with Crippen molar-refractivity contribution in [3.8, 4) is 11.5 Å². The van der Waals surface area contributed by atoms with Gasteiger partial charge < -0.3 is 4.74 Å². The summed E-state index contributed by atoms with van der Waals surface area (Å²) in [5.41, 5.74) is 3.95. The summed E-state index contributed by atoms with van der Waals surface area (Å²) in [5, 5.41) is 0. The molecule has 14 heavy (non-hydrogen) atoms. The Morgan fingerprint density at radius 3 is 2.43 bits per heavy atom. The Balaban J connectivity index is 4.38. The monoisotopic (exact) mass is 210 g/mol. The summed E-state index contributed by atoms with van der Waals surface area (Å²) >= 11 is 0. The van der Waals surface area contributed by atoms with Crippen molar-refractivity contribution in [2.75, 3.05) is 6.61 Å². The molecular weight excluding hydrogens is 192 g/mol. The van der Waals surface area contributed by atoms with Gasteiger partial charge >= 0.3 is 5.97 Å². The molecule has 0 aromatic heterocycles. The number of ether oxygens (including phenoxy) is 1. The lowest BCUT2D eigenvalue weighted by molar-refractivity contribution is -0.137. The maximum atomic E-state index is 11.0. The van der Waals surface area contributed by atoms with Crippen molar-refractivity contribution in [3.05, 3.63) is 11.6 Å². The van der Waals surface area contributed by atoms with E-state index in [0.717, 1.165) is 5.57 Å². The van der Waals surface area contributed by atoms with Crippen LogP contribution in [0.2, 0.25) is 19.6 Å². The van der Waals surface area contributed by atoms with Crippen LogP contribution in [0.3, 0.4) is 0 Å². The maximum absolute atomic E-state index is 11.0. The molecule has 0 radical (unpaired) electrons. The Morgan fingerprint density at radius 1 is 1.43 bits per heavy atom. The maximum Gasteiger partial charge on any atom is 0.331 e. The molecule has 0 bridgehead atoms. The standard InChI is InChI=1S/C11H18O2Si/c1-6-13-11(12)9-10(2)7-8-14(3,4)5/h9H,6H2,1-5H3. The highest BCUT2D eigenvalue weighted by atomic mass is 28.3. The molecule has 0 rings (SSSR count). The SMILES string of the molecule is CCOC(=O)C=C(C)C#C[Si](C)(C)C. The molecule has 0 aliphatic rings. The normalized spacial score (nSPS) is 11.6. The molecule has 0 spiro atoms. The molecule has 0 aliphatic carbocycles. The van der Waals surface area contributed by atoms with Crippen molar-refractivity contribution in [2.45, 2.75) is 33.5 Å². The van der Waals surface area contributed by atoms with Gasteiger partial charge in [-0.3, -0.25) is 0 Å². The highest BCUT2D eigenvalue weighted by Crippen LogP contribution is 1.98. The van der Waals surface area contributed by atoms with Crippen molar-refractivity contribution >= 4 is 14.0 Å². The second kappa shape index (κ2) is 5.66. The van der Waals surface area contributed by atoms with Gasteiger partial charge in [-0.1, -0.05) is 25.6 Å². The molecule has 2 nitrogen and oxygen atoms in total. The van der Waals surface area contributed by atoms with Gasteiger partial charge in [-0.05, 0) is 13.8 Å². The van der Waals surface area contributed by atoms with Crippen LogP contribution in [0.5, 0.6) is 0 Å². The van der Waals surface area contributed by atoms with E-state index in [1.54, 1.807) is 6.92 Å². The summed E-state index contributed by atoms with van der Waals surface area (Å²) in [6, 6.07) is 0. The Labute approximate surface area is 87.4 Å². The predicted molar refractivity (Wildman–Crippen MR) is 61.5 cm³/mol.